The molecule has 1 amide bonds. The van der Waals surface area contributed by atoms with Crippen LogP contribution in [0.5, 0.6) is 11.5 Å². The quantitative estimate of drug-likeness (QED) is 0.634. The Hall–Kier alpha value is -1.80. The Kier molecular flexibility index (Phi) is 5.23. The number of piperidine rings is 1. The van der Waals surface area contributed by atoms with E-state index in [-0.39, 0.29) is 33.4 Å². The summed E-state index contributed by atoms with van der Waals surface area (Å²) in [6.07, 6.45) is 9.74. The summed E-state index contributed by atoms with van der Waals surface area (Å²) in [5.74, 6) is 3.31. The maximum Gasteiger partial charge on any atom is 0.247 e. The molecule has 1 heterocycles. The van der Waals surface area contributed by atoms with Crippen molar-refractivity contribution >= 4 is 15.9 Å². The third-order valence-electron chi connectivity index (χ3n) is 10.0. The van der Waals surface area contributed by atoms with E-state index < -0.39 is 10.0 Å². The zero-order valence-corrected chi connectivity index (χ0v) is 21.0. The van der Waals surface area contributed by atoms with Gasteiger partial charge in [-0.3, -0.25) is 4.79 Å². The predicted molar refractivity (Wildman–Crippen MR) is 127 cm³/mol. The van der Waals surface area contributed by atoms with E-state index in [1.807, 2.05) is 0 Å². The van der Waals surface area contributed by atoms with E-state index in [2.05, 4.69) is 5.32 Å². The van der Waals surface area contributed by atoms with Gasteiger partial charge >= 0.3 is 0 Å². The summed E-state index contributed by atoms with van der Waals surface area (Å²) in [6, 6.07) is 4.57. The van der Waals surface area contributed by atoms with Gasteiger partial charge in [-0.15, -0.1) is 0 Å². The number of carbonyl (C=O) groups is 1. The molecule has 6 atom stereocenters. The molecular weight excluding hydrogens is 452 g/mol. The molecule has 3 unspecified atom stereocenters. The first kappa shape index (κ1) is 22.7. The Morgan fingerprint density at radius 3 is 2.71 bits per heavy atom. The molecule has 1 aromatic rings. The van der Waals surface area contributed by atoms with Crippen LogP contribution in [-0.4, -0.2) is 52.0 Å². The Labute approximate surface area is 202 Å². The first-order valence-corrected chi connectivity index (χ1v) is 14.3. The van der Waals surface area contributed by atoms with Crippen LogP contribution in [0.3, 0.4) is 0 Å². The Balaban J connectivity index is 1.20. The summed E-state index contributed by atoms with van der Waals surface area (Å²) in [5.41, 5.74) is 0.0601. The Bertz CT molecular complexity index is 1100. The minimum absolute atomic E-state index is 0.148. The van der Waals surface area contributed by atoms with Crippen molar-refractivity contribution in [1.29, 1.82) is 0 Å². The van der Waals surface area contributed by atoms with Crippen LogP contribution in [0.15, 0.2) is 23.1 Å². The van der Waals surface area contributed by atoms with Gasteiger partial charge in [0.05, 0.1) is 19.6 Å². The number of rotatable bonds is 7. The smallest absolute Gasteiger partial charge is 0.247 e. The first-order chi connectivity index (χ1) is 16.3. The van der Waals surface area contributed by atoms with Crippen molar-refractivity contribution in [3.05, 3.63) is 18.2 Å². The second-order valence-electron chi connectivity index (χ2n) is 11.4. The largest absolute Gasteiger partial charge is 0.497 e. The minimum atomic E-state index is -3.77. The second-order valence-corrected chi connectivity index (χ2v) is 13.3. The normalized spacial score (nSPS) is 38.3. The zero-order chi connectivity index (χ0) is 23.7. The molecule has 6 rings (SSSR count). The van der Waals surface area contributed by atoms with Crippen LogP contribution in [0.4, 0.5) is 0 Å². The number of methoxy groups -OCH3 is 2. The minimum Gasteiger partial charge on any atom is -0.497 e. The molecule has 1 aromatic carbocycles. The SMILES string of the molecule is COc1ccc(S(=O)(=O)N2CCCCC2CNC(=O)[C@]23C[C@@H]4CC5C[C@H](C2)C3(C5)C4)c(OC)c1. The van der Waals surface area contributed by atoms with Gasteiger partial charge in [-0.05, 0) is 86.7 Å². The lowest BCUT2D eigenvalue weighted by Gasteiger charge is -2.57. The average molecular weight is 489 g/mol. The first-order valence-electron chi connectivity index (χ1n) is 12.9. The summed E-state index contributed by atoms with van der Waals surface area (Å²) >= 11 is 0. The summed E-state index contributed by atoms with van der Waals surface area (Å²) in [4.78, 5) is 13.8. The predicted octanol–water partition coefficient (Wildman–Crippen LogP) is 3.58. The van der Waals surface area contributed by atoms with E-state index >= 15 is 0 Å². The van der Waals surface area contributed by atoms with Gasteiger partial charge in [0, 0.05) is 25.2 Å². The third-order valence-corrected chi connectivity index (χ3v) is 12.0. The van der Waals surface area contributed by atoms with Crippen molar-refractivity contribution in [3.8, 4) is 11.5 Å². The number of hydrogen-bond acceptors (Lipinski definition) is 5. The number of hydrogen-bond donors (Lipinski definition) is 1. The van der Waals surface area contributed by atoms with E-state index in [1.165, 1.54) is 32.8 Å². The lowest BCUT2D eigenvalue weighted by molar-refractivity contribution is -0.161. The van der Waals surface area contributed by atoms with Crippen LogP contribution >= 0.6 is 0 Å². The maximum absolute atomic E-state index is 13.7. The number of fused-ring (bicyclic) bond motifs is 2. The van der Waals surface area contributed by atoms with Crippen LogP contribution in [0.25, 0.3) is 0 Å². The number of ether oxygens (including phenoxy) is 2. The summed E-state index contributed by atoms with van der Waals surface area (Å²) < 4.78 is 39.6. The fourth-order valence-electron chi connectivity index (χ4n) is 8.78. The van der Waals surface area contributed by atoms with Gasteiger partial charge in [-0.25, -0.2) is 8.42 Å². The lowest BCUT2D eigenvalue weighted by atomic mass is 9.46. The fourth-order valence-corrected chi connectivity index (χ4v) is 10.6. The number of nitrogens with one attached hydrogen (secondary N) is 1. The molecule has 1 saturated heterocycles. The van der Waals surface area contributed by atoms with Crippen molar-refractivity contribution in [2.45, 2.75) is 68.7 Å². The molecule has 5 aliphatic rings. The summed E-state index contributed by atoms with van der Waals surface area (Å²) in [6.45, 7) is 0.839. The molecular formula is C26H36N2O5S. The van der Waals surface area contributed by atoms with E-state index in [9.17, 15) is 13.2 Å². The zero-order valence-electron chi connectivity index (χ0n) is 20.2. The van der Waals surface area contributed by atoms with Crippen LogP contribution in [0, 0.1) is 28.6 Å². The van der Waals surface area contributed by atoms with Gasteiger partial charge in [-0.2, -0.15) is 4.31 Å². The number of benzene rings is 1. The van der Waals surface area contributed by atoms with Gasteiger partial charge in [-0.1, -0.05) is 6.42 Å². The highest BCUT2D eigenvalue weighted by atomic mass is 32.2. The highest BCUT2D eigenvalue weighted by Gasteiger charge is 2.76. The number of carbonyl (C=O) groups excluding carboxylic acids is 1. The molecule has 1 aliphatic heterocycles. The van der Waals surface area contributed by atoms with Crippen molar-refractivity contribution < 1.29 is 22.7 Å². The number of amides is 1. The van der Waals surface area contributed by atoms with Gasteiger partial charge < -0.3 is 14.8 Å². The molecule has 4 aliphatic carbocycles. The standard InChI is InChI=1S/C26H36N2O5S/c1-32-21-6-7-23(22(11-21)33-2)34(30,31)28-8-4-3-5-20(28)16-27-24(29)26-14-18-9-17-10-19(15-26)25(26,12-17)13-18/h6-7,11,17-20H,3-5,8-10,12-16H2,1-2H3,(H,27,29)/t17?,18-,19-,20?,25?,26+/m1/s1. The van der Waals surface area contributed by atoms with Crippen LogP contribution in [0.2, 0.25) is 0 Å². The Morgan fingerprint density at radius 2 is 1.91 bits per heavy atom. The van der Waals surface area contributed by atoms with Crippen LogP contribution in [-0.2, 0) is 14.8 Å². The van der Waals surface area contributed by atoms with Crippen molar-refractivity contribution in [2.75, 3.05) is 27.3 Å². The van der Waals surface area contributed by atoms with E-state index in [4.69, 9.17) is 9.47 Å². The molecule has 7 nitrogen and oxygen atoms in total. The molecule has 34 heavy (non-hydrogen) atoms. The molecule has 0 radical (unpaired) electrons. The molecule has 5 fully saturated rings. The Morgan fingerprint density at radius 1 is 1.09 bits per heavy atom. The van der Waals surface area contributed by atoms with E-state index in [0.717, 1.165) is 43.9 Å². The van der Waals surface area contributed by atoms with E-state index in [0.29, 0.717) is 24.8 Å². The van der Waals surface area contributed by atoms with Crippen molar-refractivity contribution in [2.24, 2.45) is 28.6 Å². The molecule has 3 bridgehead atoms. The summed E-state index contributed by atoms with van der Waals surface area (Å²) in [5, 5.41) is 3.27. The van der Waals surface area contributed by atoms with Gasteiger partial charge in [0.15, 0.2) is 0 Å². The van der Waals surface area contributed by atoms with Crippen molar-refractivity contribution in [1.82, 2.24) is 9.62 Å². The second kappa shape index (κ2) is 7.85. The molecule has 8 heteroatoms. The fraction of sp³-hybridized carbons (Fsp3) is 0.731. The summed E-state index contributed by atoms with van der Waals surface area (Å²) in [7, 11) is -0.763. The monoisotopic (exact) mass is 488 g/mol. The van der Waals surface area contributed by atoms with Gasteiger partial charge in [0.1, 0.15) is 16.4 Å². The van der Waals surface area contributed by atoms with Gasteiger partial charge in [0.2, 0.25) is 15.9 Å². The molecule has 4 saturated carbocycles. The topological polar surface area (TPSA) is 84.9 Å². The lowest BCUT2D eigenvalue weighted by Crippen LogP contribution is -2.61. The molecule has 1 spiro atoms. The van der Waals surface area contributed by atoms with Crippen molar-refractivity contribution in [3.63, 3.8) is 0 Å². The molecule has 186 valence electrons. The molecule has 0 aromatic heterocycles. The number of nitrogens with zero attached hydrogens (tertiary/aromatic N) is 1. The highest BCUT2D eigenvalue weighted by Crippen LogP contribution is 2.81. The average Bonchev–Trinajstić information content (AvgIpc) is 3.16. The molecule has 1 N–H and O–H groups in total. The maximum atomic E-state index is 13.7. The van der Waals surface area contributed by atoms with Crippen LogP contribution < -0.4 is 14.8 Å². The highest BCUT2D eigenvalue weighted by molar-refractivity contribution is 7.89. The van der Waals surface area contributed by atoms with Gasteiger partial charge in [0.25, 0.3) is 0 Å². The third kappa shape index (κ3) is 3.03. The van der Waals surface area contributed by atoms with E-state index in [1.54, 1.807) is 29.6 Å². The van der Waals surface area contributed by atoms with Crippen LogP contribution in [0.1, 0.15) is 57.8 Å². The number of sulfonamides is 1.